The van der Waals surface area contributed by atoms with E-state index < -0.39 is 5.92 Å². The van der Waals surface area contributed by atoms with Gasteiger partial charge >= 0.3 is 0 Å². The fourth-order valence-electron chi connectivity index (χ4n) is 5.10. The third-order valence-corrected chi connectivity index (χ3v) is 6.47. The van der Waals surface area contributed by atoms with Gasteiger partial charge in [-0.2, -0.15) is 0 Å². The van der Waals surface area contributed by atoms with Crippen LogP contribution in [0.1, 0.15) is 47.7 Å². The number of methoxy groups -OCH3 is 1. The van der Waals surface area contributed by atoms with Gasteiger partial charge in [-0.25, -0.2) is 0 Å². The second-order valence-electron chi connectivity index (χ2n) is 7.72. The van der Waals surface area contributed by atoms with Crippen LogP contribution in [0.25, 0.3) is 0 Å². The quantitative estimate of drug-likeness (QED) is 0.611. The van der Waals surface area contributed by atoms with Gasteiger partial charge in [-0.05, 0) is 47.8 Å². The number of carbonyl (C=O) groups is 2. The van der Waals surface area contributed by atoms with Crippen LogP contribution < -0.4 is 4.74 Å². The van der Waals surface area contributed by atoms with Gasteiger partial charge in [0.2, 0.25) is 0 Å². The molecule has 134 valence electrons. The van der Waals surface area contributed by atoms with Crippen molar-refractivity contribution in [2.45, 2.75) is 38.0 Å². The molecule has 0 heterocycles. The Morgan fingerprint density at radius 1 is 1.08 bits per heavy atom. The van der Waals surface area contributed by atoms with Crippen molar-refractivity contribution in [1.29, 1.82) is 0 Å². The average Bonchev–Trinajstić information content (AvgIpc) is 2.68. The van der Waals surface area contributed by atoms with Crippen LogP contribution in [0.5, 0.6) is 5.75 Å². The number of hydrogen-bond donors (Lipinski definition) is 0. The fourth-order valence-corrected chi connectivity index (χ4v) is 5.10. The summed E-state index contributed by atoms with van der Waals surface area (Å²) in [4.78, 5) is 26.0. The molecular weight excluding hydrogens is 324 g/mol. The van der Waals surface area contributed by atoms with E-state index in [4.69, 9.17) is 4.74 Å². The highest BCUT2D eigenvalue weighted by atomic mass is 16.5. The van der Waals surface area contributed by atoms with E-state index in [0.29, 0.717) is 12.0 Å². The maximum atomic E-state index is 13.2. The molecule has 0 amide bonds. The van der Waals surface area contributed by atoms with Crippen LogP contribution in [0.4, 0.5) is 0 Å². The zero-order valence-corrected chi connectivity index (χ0v) is 15.3. The minimum Gasteiger partial charge on any atom is -0.496 e. The Labute approximate surface area is 154 Å². The molecule has 3 atom stereocenters. The van der Waals surface area contributed by atoms with Gasteiger partial charge in [-0.1, -0.05) is 49.4 Å². The maximum Gasteiger partial charge on any atom is 0.173 e. The summed E-state index contributed by atoms with van der Waals surface area (Å²) in [5.41, 5.74) is 2.98. The lowest BCUT2D eigenvalue weighted by Crippen LogP contribution is -2.50. The van der Waals surface area contributed by atoms with Gasteiger partial charge in [0, 0.05) is 12.0 Å². The lowest BCUT2D eigenvalue weighted by atomic mass is 9.53. The van der Waals surface area contributed by atoms with Crippen molar-refractivity contribution in [3.05, 3.63) is 65.2 Å². The van der Waals surface area contributed by atoms with Crippen molar-refractivity contribution in [2.75, 3.05) is 7.11 Å². The zero-order chi connectivity index (χ0) is 18.3. The van der Waals surface area contributed by atoms with Gasteiger partial charge in [-0.15, -0.1) is 0 Å². The molecule has 0 aromatic heterocycles. The van der Waals surface area contributed by atoms with E-state index in [1.807, 2.05) is 42.5 Å². The molecule has 1 saturated carbocycles. The molecule has 4 rings (SSSR count). The minimum atomic E-state index is -0.532. The van der Waals surface area contributed by atoms with Crippen molar-refractivity contribution in [3.63, 3.8) is 0 Å². The molecule has 1 fully saturated rings. The number of fused-ring (bicyclic) bond motifs is 3. The monoisotopic (exact) mass is 348 g/mol. The van der Waals surface area contributed by atoms with Gasteiger partial charge in [0.05, 0.1) is 13.0 Å². The molecule has 0 spiro atoms. The Morgan fingerprint density at radius 2 is 1.85 bits per heavy atom. The second kappa shape index (κ2) is 6.39. The number of Topliss-reactive ketones (excluding diaryl/α,β-unsaturated/α-hetero) is 2. The van der Waals surface area contributed by atoms with E-state index in [0.717, 1.165) is 25.0 Å². The Morgan fingerprint density at radius 3 is 2.58 bits per heavy atom. The van der Waals surface area contributed by atoms with Crippen LogP contribution >= 0.6 is 0 Å². The molecule has 2 aromatic rings. The highest BCUT2D eigenvalue weighted by Gasteiger charge is 2.52. The van der Waals surface area contributed by atoms with Crippen LogP contribution in [0.3, 0.4) is 0 Å². The lowest BCUT2D eigenvalue weighted by molar-refractivity contribution is -0.127. The lowest BCUT2D eigenvalue weighted by Gasteiger charge is -2.49. The minimum absolute atomic E-state index is 0.0159. The highest BCUT2D eigenvalue weighted by Crippen LogP contribution is 2.53. The Bertz CT molecular complexity index is 855. The van der Waals surface area contributed by atoms with Crippen molar-refractivity contribution < 1.29 is 14.3 Å². The standard InChI is InChI=1S/C23H24O3/c1-23-14-13-19(24)21(22(25)15-7-4-3-5-8-15)18(23)12-11-16-17(23)9-6-10-20(16)26-2/h3-10,18,21H,11-14H2,1-2H3/t18-,21?,23?/m0/s1. The molecule has 3 nitrogen and oxygen atoms in total. The van der Waals surface area contributed by atoms with Gasteiger partial charge in [0.1, 0.15) is 11.5 Å². The molecule has 2 aliphatic rings. The maximum absolute atomic E-state index is 13.2. The predicted octanol–water partition coefficient (Wildman–Crippen LogP) is 4.38. The summed E-state index contributed by atoms with van der Waals surface area (Å²) in [5, 5.41) is 0. The van der Waals surface area contributed by atoms with Crippen LogP contribution in [-0.4, -0.2) is 18.7 Å². The van der Waals surface area contributed by atoms with Crippen LogP contribution in [0, 0.1) is 11.8 Å². The first-order valence-corrected chi connectivity index (χ1v) is 9.34. The SMILES string of the molecule is COc1cccc2c1CC[C@H]1C(C(=O)c3ccccc3)C(=O)CCC21C. The molecule has 0 radical (unpaired) electrons. The second-order valence-corrected chi connectivity index (χ2v) is 7.72. The summed E-state index contributed by atoms with van der Waals surface area (Å²) in [6.07, 6.45) is 2.96. The number of ketones is 2. The van der Waals surface area contributed by atoms with Gasteiger partial charge in [-0.3, -0.25) is 9.59 Å². The largest absolute Gasteiger partial charge is 0.496 e. The van der Waals surface area contributed by atoms with E-state index >= 15 is 0 Å². The zero-order valence-electron chi connectivity index (χ0n) is 15.3. The number of rotatable bonds is 3. The van der Waals surface area contributed by atoms with Crippen molar-refractivity contribution in [1.82, 2.24) is 0 Å². The van der Waals surface area contributed by atoms with E-state index in [2.05, 4.69) is 13.0 Å². The van der Waals surface area contributed by atoms with Gasteiger partial charge < -0.3 is 4.74 Å². The van der Waals surface area contributed by atoms with Crippen molar-refractivity contribution >= 4 is 11.6 Å². The topological polar surface area (TPSA) is 43.4 Å². The summed E-state index contributed by atoms with van der Waals surface area (Å²) in [5.74, 6) is 0.530. The average molecular weight is 348 g/mol. The molecule has 0 saturated heterocycles. The molecule has 26 heavy (non-hydrogen) atoms. The molecule has 2 aliphatic carbocycles. The van der Waals surface area contributed by atoms with Gasteiger partial charge in [0.15, 0.2) is 5.78 Å². The van der Waals surface area contributed by atoms with Crippen LogP contribution in [0.15, 0.2) is 48.5 Å². The number of benzene rings is 2. The summed E-state index contributed by atoms with van der Waals surface area (Å²) < 4.78 is 5.57. The van der Waals surface area contributed by atoms with E-state index in [1.165, 1.54) is 11.1 Å². The van der Waals surface area contributed by atoms with E-state index in [1.54, 1.807) is 7.11 Å². The highest BCUT2D eigenvalue weighted by molar-refractivity contribution is 6.11. The first-order valence-electron chi connectivity index (χ1n) is 9.34. The molecule has 0 aliphatic heterocycles. The van der Waals surface area contributed by atoms with Crippen LogP contribution in [-0.2, 0) is 16.6 Å². The normalized spacial score (nSPS) is 27.4. The third-order valence-electron chi connectivity index (χ3n) is 6.47. The smallest absolute Gasteiger partial charge is 0.173 e. The number of carbonyl (C=O) groups excluding carboxylic acids is 2. The molecule has 2 unspecified atom stereocenters. The predicted molar refractivity (Wildman–Crippen MR) is 101 cm³/mol. The number of hydrogen-bond acceptors (Lipinski definition) is 3. The van der Waals surface area contributed by atoms with Gasteiger partial charge in [0.25, 0.3) is 0 Å². The Hall–Kier alpha value is -2.42. The summed E-state index contributed by atoms with van der Waals surface area (Å²) in [6.45, 7) is 2.23. The summed E-state index contributed by atoms with van der Waals surface area (Å²) in [6, 6.07) is 15.4. The third kappa shape index (κ3) is 2.49. The van der Waals surface area contributed by atoms with Crippen molar-refractivity contribution in [3.8, 4) is 5.75 Å². The molecule has 2 aromatic carbocycles. The molecular formula is C23H24O3. The van der Waals surface area contributed by atoms with Crippen molar-refractivity contribution in [2.24, 2.45) is 11.8 Å². The van der Waals surface area contributed by atoms with Crippen LogP contribution in [0.2, 0.25) is 0 Å². The molecule has 0 bridgehead atoms. The first kappa shape index (κ1) is 17.0. The molecule has 3 heteroatoms. The Balaban J connectivity index is 1.78. The molecule has 0 N–H and O–H groups in total. The first-order chi connectivity index (χ1) is 12.6. The Kier molecular flexibility index (Phi) is 4.18. The number of ether oxygens (including phenoxy) is 1. The van der Waals surface area contributed by atoms with E-state index in [9.17, 15) is 9.59 Å². The summed E-state index contributed by atoms with van der Waals surface area (Å²) >= 11 is 0. The fraction of sp³-hybridized carbons (Fsp3) is 0.391. The summed E-state index contributed by atoms with van der Waals surface area (Å²) in [7, 11) is 1.70. The van der Waals surface area contributed by atoms with E-state index in [-0.39, 0.29) is 22.9 Å².